The zero-order valence-electron chi connectivity index (χ0n) is 17.2. The summed E-state index contributed by atoms with van der Waals surface area (Å²) in [6, 6.07) is 21.2. The van der Waals surface area contributed by atoms with Crippen LogP contribution in [0.2, 0.25) is 0 Å². The molecule has 1 fully saturated rings. The third kappa shape index (κ3) is 5.71. The number of rotatable bonds is 7. The molecular formula is C25H18BrNO5S. The Morgan fingerprint density at radius 1 is 0.939 bits per heavy atom. The summed E-state index contributed by atoms with van der Waals surface area (Å²) >= 11 is 4.30. The largest absolute Gasteiger partial charge is 0.489 e. The first-order valence-electron chi connectivity index (χ1n) is 9.94. The summed E-state index contributed by atoms with van der Waals surface area (Å²) in [6.07, 6.45) is 1.70. The maximum absolute atomic E-state index is 12.7. The summed E-state index contributed by atoms with van der Waals surface area (Å²) in [5, 5.41) is 8.66. The lowest BCUT2D eigenvalue weighted by atomic mass is 10.1. The summed E-state index contributed by atoms with van der Waals surface area (Å²) in [5.74, 6) is -0.639. The molecule has 1 N–H and O–H groups in total. The SMILES string of the molecule is O=C(O)c1ccc(COc2ccc(/C=C3\SC(=O)N(Cc4ccc(Br)cc4)C3=O)cc2)cc1. The Labute approximate surface area is 203 Å². The van der Waals surface area contributed by atoms with E-state index < -0.39 is 5.97 Å². The molecule has 6 nitrogen and oxygen atoms in total. The highest BCUT2D eigenvalue weighted by Gasteiger charge is 2.34. The number of imide groups is 1. The number of carbonyl (C=O) groups excluding carboxylic acids is 2. The van der Waals surface area contributed by atoms with Crippen molar-refractivity contribution >= 4 is 50.9 Å². The van der Waals surface area contributed by atoms with Crippen molar-refractivity contribution in [1.29, 1.82) is 0 Å². The van der Waals surface area contributed by atoms with Crippen LogP contribution in [0.15, 0.2) is 82.2 Å². The maximum atomic E-state index is 12.7. The summed E-state index contributed by atoms with van der Waals surface area (Å²) in [4.78, 5) is 37.6. The van der Waals surface area contributed by atoms with Crippen molar-refractivity contribution in [3.05, 3.63) is 104 Å². The van der Waals surface area contributed by atoms with E-state index in [1.54, 1.807) is 30.3 Å². The lowest BCUT2D eigenvalue weighted by molar-refractivity contribution is -0.123. The van der Waals surface area contributed by atoms with Crippen LogP contribution in [0.5, 0.6) is 5.75 Å². The number of ether oxygens (including phenoxy) is 1. The molecule has 166 valence electrons. The zero-order valence-corrected chi connectivity index (χ0v) is 19.6. The minimum Gasteiger partial charge on any atom is -0.489 e. The zero-order chi connectivity index (χ0) is 23.4. The highest BCUT2D eigenvalue weighted by molar-refractivity contribution is 9.10. The lowest BCUT2D eigenvalue weighted by Gasteiger charge is -2.12. The summed E-state index contributed by atoms with van der Waals surface area (Å²) < 4.78 is 6.68. The first-order valence-corrected chi connectivity index (χ1v) is 11.5. The number of carboxylic acid groups (broad SMARTS) is 1. The topological polar surface area (TPSA) is 83.9 Å². The molecule has 3 aromatic carbocycles. The number of carbonyl (C=O) groups is 3. The number of thioether (sulfide) groups is 1. The molecule has 0 radical (unpaired) electrons. The third-order valence-corrected chi connectivity index (χ3v) is 6.35. The van der Waals surface area contributed by atoms with Crippen molar-refractivity contribution in [3.63, 3.8) is 0 Å². The van der Waals surface area contributed by atoms with E-state index in [9.17, 15) is 14.4 Å². The Morgan fingerprint density at radius 3 is 2.21 bits per heavy atom. The molecule has 0 atom stereocenters. The van der Waals surface area contributed by atoms with E-state index in [1.807, 2.05) is 36.4 Å². The monoisotopic (exact) mass is 523 g/mol. The molecular weight excluding hydrogens is 506 g/mol. The predicted molar refractivity (Wildman–Crippen MR) is 130 cm³/mol. The van der Waals surface area contributed by atoms with Gasteiger partial charge in [-0.05, 0) is 70.9 Å². The van der Waals surface area contributed by atoms with Crippen molar-refractivity contribution in [1.82, 2.24) is 4.90 Å². The van der Waals surface area contributed by atoms with Crippen molar-refractivity contribution in [2.45, 2.75) is 13.2 Å². The normalized spacial score (nSPS) is 14.7. The van der Waals surface area contributed by atoms with Crippen LogP contribution in [0, 0.1) is 0 Å². The maximum Gasteiger partial charge on any atom is 0.335 e. The summed E-state index contributed by atoms with van der Waals surface area (Å²) in [7, 11) is 0. The first kappa shape index (κ1) is 22.8. The van der Waals surface area contributed by atoms with E-state index in [0.29, 0.717) is 17.3 Å². The number of nitrogens with zero attached hydrogens (tertiary/aromatic N) is 1. The number of hydrogen-bond acceptors (Lipinski definition) is 5. The average molecular weight is 524 g/mol. The lowest BCUT2D eigenvalue weighted by Crippen LogP contribution is -2.27. The number of aromatic carboxylic acids is 1. The van der Waals surface area contributed by atoms with E-state index in [-0.39, 0.29) is 23.3 Å². The van der Waals surface area contributed by atoms with Crippen LogP contribution in [-0.4, -0.2) is 27.1 Å². The minimum atomic E-state index is -0.968. The second kappa shape index (κ2) is 10.1. The van der Waals surface area contributed by atoms with Gasteiger partial charge in [0.15, 0.2) is 0 Å². The predicted octanol–water partition coefficient (Wildman–Crippen LogP) is 5.96. The highest BCUT2D eigenvalue weighted by atomic mass is 79.9. The molecule has 1 aliphatic heterocycles. The molecule has 0 bridgehead atoms. The van der Waals surface area contributed by atoms with Gasteiger partial charge in [0, 0.05) is 4.47 Å². The molecule has 1 heterocycles. The van der Waals surface area contributed by atoms with E-state index >= 15 is 0 Å². The van der Waals surface area contributed by atoms with Gasteiger partial charge in [-0.3, -0.25) is 14.5 Å². The van der Waals surface area contributed by atoms with Crippen LogP contribution < -0.4 is 4.74 Å². The van der Waals surface area contributed by atoms with E-state index in [4.69, 9.17) is 9.84 Å². The van der Waals surface area contributed by atoms with Gasteiger partial charge in [0.05, 0.1) is 17.0 Å². The van der Waals surface area contributed by atoms with E-state index in [2.05, 4.69) is 15.9 Å². The molecule has 33 heavy (non-hydrogen) atoms. The molecule has 1 aliphatic rings. The number of carboxylic acids is 1. The van der Waals surface area contributed by atoms with Gasteiger partial charge < -0.3 is 9.84 Å². The smallest absolute Gasteiger partial charge is 0.335 e. The minimum absolute atomic E-state index is 0.226. The highest BCUT2D eigenvalue weighted by Crippen LogP contribution is 2.33. The van der Waals surface area contributed by atoms with Crippen molar-refractivity contribution < 1.29 is 24.2 Å². The fourth-order valence-corrected chi connectivity index (χ4v) is 4.23. The van der Waals surface area contributed by atoms with Crippen molar-refractivity contribution in [2.75, 3.05) is 0 Å². The number of amides is 2. The Hall–Kier alpha value is -3.36. The second-order valence-corrected chi connectivity index (χ2v) is 9.16. The van der Waals surface area contributed by atoms with Gasteiger partial charge in [-0.2, -0.15) is 0 Å². The average Bonchev–Trinajstić information content (AvgIpc) is 3.07. The van der Waals surface area contributed by atoms with Gasteiger partial charge in [0.2, 0.25) is 0 Å². The quantitative estimate of drug-likeness (QED) is 0.384. The molecule has 3 aromatic rings. The molecule has 2 amide bonds. The Kier molecular flexibility index (Phi) is 6.96. The molecule has 0 aliphatic carbocycles. The molecule has 0 saturated carbocycles. The summed E-state index contributed by atoms with van der Waals surface area (Å²) in [5.41, 5.74) is 2.73. The number of hydrogen-bond donors (Lipinski definition) is 1. The van der Waals surface area contributed by atoms with Crippen LogP contribution in [-0.2, 0) is 17.9 Å². The number of benzene rings is 3. The van der Waals surface area contributed by atoms with Gasteiger partial charge in [-0.15, -0.1) is 0 Å². The van der Waals surface area contributed by atoms with E-state index in [1.165, 1.54) is 17.0 Å². The Morgan fingerprint density at radius 2 is 1.58 bits per heavy atom. The molecule has 4 rings (SSSR count). The molecule has 0 aromatic heterocycles. The molecule has 8 heteroatoms. The summed E-state index contributed by atoms with van der Waals surface area (Å²) in [6.45, 7) is 0.531. The van der Waals surface area contributed by atoms with Crippen LogP contribution in [0.3, 0.4) is 0 Å². The van der Waals surface area contributed by atoms with Gasteiger partial charge in [-0.25, -0.2) is 4.79 Å². The van der Waals surface area contributed by atoms with Crippen LogP contribution in [0.4, 0.5) is 4.79 Å². The fraction of sp³-hybridized carbons (Fsp3) is 0.0800. The molecule has 0 spiro atoms. The molecule has 0 unspecified atom stereocenters. The van der Waals surface area contributed by atoms with Gasteiger partial charge >= 0.3 is 5.97 Å². The van der Waals surface area contributed by atoms with Crippen LogP contribution in [0.1, 0.15) is 27.0 Å². The van der Waals surface area contributed by atoms with Crippen LogP contribution in [0.25, 0.3) is 6.08 Å². The van der Waals surface area contributed by atoms with Crippen LogP contribution >= 0.6 is 27.7 Å². The molecule has 1 saturated heterocycles. The number of halogens is 1. The van der Waals surface area contributed by atoms with Crippen molar-refractivity contribution in [3.8, 4) is 5.75 Å². The van der Waals surface area contributed by atoms with Gasteiger partial charge in [-0.1, -0.05) is 52.3 Å². The standard InChI is InChI=1S/C25H18BrNO5S/c26-20-9-3-17(4-10-20)14-27-23(28)22(33-25(27)31)13-16-5-11-21(12-6-16)32-15-18-1-7-19(8-2-18)24(29)30/h1-13H,14-15H2,(H,29,30)/b22-13-. The second-order valence-electron chi connectivity index (χ2n) is 7.25. The van der Waals surface area contributed by atoms with Gasteiger partial charge in [0.1, 0.15) is 12.4 Å². The first-order chi connectivity index (χ1) is 15.9. The van der Waals surface area contributed by atoms with E-state index in [0.717, 1.165) is 32.9 Å². The third-order valence-electron chi connectivity index (χ3n) is 4.91. The Balaban J connectivity index is 1.37. The fourth-order valence-electron chi connectivity index (χ4n) is 3.13. The van der Waals surface area contributed by atoms with Gasteiger partial charge in [0.25, 0.3) is 11.1 Å². The van der Waals surface area contributed by atoms with Crippen molar-refractivity contribution in [2.24, 2.45) is 0 Å². The Bertz CT molecular complexity index is 1220.